The van der Waals surface area contributed by atoms with Crippen LogP contribution in [0.1, 0.15) is 97.5 Å². The molecule has 1 amide bonds. The van der Waals surface area contributed by atoms with E-state index in [-0.39, 0.29) is 48.2 Å². The highest BCUT2D eigenvalue weighted by Gasteiger charge is 2.33. The third-order valence-electron chi connectivity index (χ3n) is 8.28. The van der Waals surface area contributed by atoms with E-state index in [0.29, 0.717) is 67.3 Å². The Morgan fingerprint density at radius 3 is 2.61 bits per heavy atom. The lowest BCUT2D eigenvalue weighted by Crippen LogP contribution is -2.31. The zero-order valence-corrected chi connectivity index (χ0v) is 27.4. The summed E-state index contributed by atoms with van der Waals surface area (Å²) in [6.07, 6.45) is 2.45. The molecule has 1 aromatic heterocycles. The number of fused-ring (bicyclic) bond motifs is 1. The highest BCUT2D eigenvalue weighted by Crippen LogP contribution is 2.42. The lowest BCUT2D eigenvalue weighted by atomic mass is 9.84. The van der Waals surface area contributed by atoms with E-state index in [1.165, 1.54) is 7.05 Å². The number of aromatic nitrogens is 1. The fourth-order valence-corrected chi connectivity index (χ4v) is 5.86. The Morgan fingerprint density at radius 2 is 1.96 bits per heavy atom. The second-order valence-corrected chi connectivity index (χ2v) is 12.8. The normalized spacial score (nSPS) is 15.8. The Bertz CT molecular complexity index is 1540. The first-order valence-electron chi connectivity index (χ1n) is 15.8. The van der Waals surface area contributed by atoms with Crippen LogP contribution in [0.2, 0.25) is 0 Å². The number of anilines is 1. The number of nitriles is 1. The number of aliphatic carboxylic acids is 1. The summed E-state index contributed by atoms with van der Waals surface area (Å²) in [5, 5.41) is 29.7. The summed E-state index contributed by atoms with van der Waals surface area (Å²) in [4.78, 5) is 45.7. The van der Waals surface area contributed by atoms with Gasteiger partial charge >= 0.3 is 5.97 Å². The Labute approximate surface area is 270 Å². The van der Waals surface area contributed by atoms with Crippen LogP contribution < -0.4 is 19.7 Å². The number of amides is 1. The SMILES string of the molecule is CCOc1cc2c(nc1C(=O)NC)C(=N)N(CC(=O)c1cc(N3CCC(CC#N)C3)c(OCCCCC(=O)O)c(C(C)(C)C)c1)C2. The smallest absolute Gasteiger partial charge is 0.303 e. The van der Waals surface area contributed by atoms with Gasteiger partial charge in [-0.1, -0.05) is 20.8 Å². The highest BCUT2D eigenvalue weighted by atomic mass is 16.5. The average Bonchev–Trinajstić information content (AvgIpc) is 3.59. The summed E-state index contributed by atoms with van der Waals surface area (Å²) >= 11 is 0. The lowest BCUT2D eigenvalue weighted by molar-refractivity contribution is -0.137. The first kappa shape index (κ1) is 34.2. The summed E-state index contributed by atoms with van der Waals surface area (Å²) in [7, 11) is 1.50. The summed E-state index contributed by atoms with van der Waals surface area (Å²) in [5.74, 6) is -0.157. The molecule has 1 atom stereocenters. The van der Waals surface area contributed by atoms with Crippen molar-refractivity contribution in [1.82, 2.24) is 15.2 Å². The van der Waals surface area contributed by atoms with Crippen LogP contribution in [0.3, 0.4) is 0 Å². The average molecular weight is 633 g/mol. The number of rotatable bonds is 14. The van der Waals surface area contributed by atoms with Crippen molar-refractivity contribution in [1.29, 1.82) is 10.7 Å². The molecular formula is C34H44N6O6. The van der Waals surface area contributed by atoms with Crippen molar-refractivity contribution in [2.75, 3.05) is 44.8 Å². The van der Waals surface area contributed by atoms with E-state index < -0.39 is 11.9 Å². The van der Waals surface area contributed by atoms with Crippen LogP contribution in [-0.4, -0.2) is 78.4 Å². The van der Waals surface area contributed by atoms with Gasteiger partial charge in [0.2, 0.25) is 0 Å². The van der Waals surface area contributed by atoms with E-state index in [4.69, 9.17) is 20.0 Å². The molecule has 1 fully saturated rings. The molecule has 0 spiro atoms. The largest absolute Gasteiger partial charge is 0.491 e. The molecule has 12 heteroatoms. The molecule has 2 aliphatic heterocycles. The number of nitrogens with one attached hydrogen (secondary N) is 2. The number of carbonyl (C=O) groups excluding carboxylic acids is 2. The van der Waals surface area contributed by atoms with E-state index in [2.05, 4.69) is 42.0 Å². The Hall–Kier alpha value is -4.66. The molecule has 1 aromatic carbocycles. The maximum atomic E-state index is 14.0. The predicted molar refractivity (Wildman–Crippen MR) is 173 cm³/mol. The molecule has 2 aromatic rings. The van der Waals surface area contributed by atoms with Gasteiger partial charge in [0.05, 0.1) is 31.5 Å². The third kappa shape index (κ3) is 7.76. The van der Waals surface area contributed by atoms with Crippen molar-refractivity contribution >= 4 is 29.2 Å². The molecule has 246 valence electrons. The van der Waals surface area contributed by atoms with Crippen molar-refractivity contribution < 1.29 is 29.0 Å². The molecule has 4 rings (SSSR count). The van der Waals surface area contributed by atoms with E-state index in [0.717, 1.165) is 24.2 Å². The Balaban J connectivity index is 1.65. The van der Waals surface area contributed by atoms with Crippen molar-refractivity contribution in [3.8, 4) is 17.6 Å². The van der Waals surface area contributed by atoms with Crippen molar-refractivity contribution in [2.45, 2.75) is 71.8 Å². The standard InChI is InChI=1S/C34H44N6O6/c1-6-45-27-17-23-19-40(32(36)29(23)38-30(27)33(44)37-5)20-26(41)22-15-24(34(2,3)4)31(46-14-8-7-9-28(42)43)25(16-22)39-13-11-21(18-39)10-12-35/h15-17,21,36H,6-11,13-14,18-20H2,1-5H3,(H,37,44)(H,42,43). The Morgan fingerprint density at radius 1 is 1.20 bits per heavy atom. The number of nitrogens with zero attached hydrogens (tertiary/aromatic N) is 4. The molecule has 0 radical (unpaired) electrons. The van der Waals surface area contributed by atoms with Crippen LogP contribution in [0.5, 0.6) is 11.5 Å². The number of hydrogen-bond acceptors (Lipinski definition) is 9. The molecule has 1 saturated heterocycles. The number of carbonyl (C=O) groups is 3. The van der Waals surface area contributed by atoms with E-state index in [1.807, 2.05) is 19.1 Å². The van der Waals surface area contributed by atoms with Crippen molar-refractivity contribution in [3.05, 3.63) is 46.3 Å². The molecular weight excluding hydrogens is 588 g/mol. The van der Waals surface area contributed by atoms with Gasteiger partial charge in [0.25, 0.3) is 5.91 Å². The molecule has 12 nitrogen and oxygen atoms in total. The van der Waals surface area contributed by atoms with Crippen LogP contribution in [0.15, 0.2) is 18.2 Å². The first-order valence-corrected chi connectivity index (χ1v) is 15.8. The summed E-state index contributed by atoms with van der Waals surface area (Å²) in [5.41, 5.74) is 2.88. The quantitative estimate of drug-likeness (QED) is 0.199. The van der Waals surface area contributed by atoms with E-state index >= 15 is 0 Å². The summed E-state index contributed by atoms with van der Waals surface area (Å²) in [6, 6.07) is 7.71. The minimum absolute atomic E-state index is 0.0630. The van der Waals surface area contributed by atoms with Crippen LogP contribution >= 0.6 is 0 Å². The van der Waals surface area contributed by atoms with Gasteiger partial charge in [-0.15, -0.1) is 0 Å². The van der Waals surface area contributed by atoms with E-state index in [9.17, 15) is 19.6 Å². The van der Waals surface area contributed by atoms with Gasteiger partial charge in [-0.25, -0.2) is 4.98 Å². The van der Waals surface area contributed by atoms with Crippen LogP contribution in [-0.2, 0) is 16.8 Å². The third-order valence-corrected chi connectivity index (χ3v) is 8.28. The minimum Gasteiger partial charge on any atom is -0.491 e. The number of amidine groups is 1. The number of ether oxygens (including phenoxy) is 2. The zero-order chi connectivity index (χ0) is 33.6. The molecule has 3 N–H and O–H groups in total. The topological polar surface area (TPSA) is 169 Å². The van der Waals surface area contributed by atoms with Gasteiger partial charge in [0, 0.05) is 56.2 Å². The van der Waals surface area contributed by atoms with Gasteiger partial charge in [-0.05, 0) is 55.7 Å². The number of pyridine rings is 1. The molecule has 46 heavy (non-hydrogen) atoms. The minimum atomic E-state index is -0.842. The second-order valence-electron chi connectivity index (χ2n) is 12.8. The lowest BCUT2D eigenvalue weighted by Gasteiger charge is -2.30. The molecule has 0 aliphatic carbocycles. The van der Waals surface area contributed by atoms with E-state index in [1.54, 1.807) is 11.0 Å². The van der Waals surface area contributed by atoms with Gasteiger partial charge in [-0.3, -0.25) is 19.8 Å². The number of benzene rings is 1. The molecule has 3 heterocycles. The molecule has 1 unspecified atom stereocenters. The van der Waals surface area contributed by atoms with Gasteiger partial charge < -0.3 is 29.7 Å². The van der Waals surface area contributed by atoms with Crippen molar-refractivity contribution in [2.24, 2.45) is 5.92 Å². The monoisotopic (exact) mass is 632 g/mol. The van der Waals surface area contributed by atoms with Gasteiger partial charge in [0.15, 0.2) is 17.2 Å². The maximum Gasteiger partial charge on any atom is 0.303 e. The van der Waals surface area contributed by atoms with Crippen LogP contribution in [0.25, 0.3) is 0 Å². The fraction of sp³-hybridized carbons (Fsp3) is 0.529. The molecule has 0 saturated carbocycles. The number of carboxylic acid groups (broad SMARTS) is 1. The number of carboxylic acids is 1. The summed E-state index contributed by atoms with van der Waals surface area (Å²) in [6.45, 7) is 10.3. The van der Waals surface area contributed by atoms with Crippen LogP contribution in [0.4, 0.5) is 5.69 Å². The number of unbranched alkanes of at least 4 members (excludes halogenated alkanes) is 1. The van der Waals surface area contributed by atoms with Crippen LogP contribution in [0, 0.1) is 22.7 Å². The maximum absolute atomic E-state index is 14.0. The van der Waals surface area contributed by atoms with Gasteiger partial charge in [0.1, 0.15) is 17.3 Å². The predicted octanol–water partition coefficient (Wildman–Crippen LogP) is 4.53. The molecule has 2 aliphatic rings. The number of hydrogen-bond donors (Lipinski definition) is 3. The zero-order valence-electron chi connectivity index (χ0n) is 27.4. The number of Topliss-reactive ketones (excluding diaryl/α,β-unsaturated/α-hetero) is 1. The highest BCUT2D eigenvalue weighted by molar-refractivity contribution is 6.06. The second kappa shape index (κ2) is 14.6. The van der Waals surface area contributed by atoms with Crippen molar-refractivity contribution in [3.63, 3.8) is 0 Å². The fourth-order valence-electron chi connectivity index (χ4n) is 5.86. The summed E-state index contributed by atoms with van der Waals surface area (Å²) < 4.78 is 12.0. The first-order chi connectivity index (χ1) is 21.9. The van der Waals surface area contributed by atoms with Gasteiger partial charge in [-0.2, -0.15) is 5.26 Å². The molecule has 0 bridgehead atoms. The Kier molecular flexibility index (Phi) is 10.9. The number of ketones is 1.